The molecule has 0 spiro atoms. The summed E-state index contributed by atoms with van der Waals surface area (Å²) in [5, 5.41) is 12.4. The third-order valence-electron chi connectivity index (χ3n) is 4.37. The quantitative estimate of drug-likeness (QED) is 0.625. The number of benzene rings is 2. The molecule has 8 heteroatoms. The molecule has 0 aliphatic rings. The maximum absolute atomic E-state index is 15.3. The first kappa shape index (κ1) is 22.5. The van der Waals surface area contributed by atoms with Crippen LogP contribution in [0.15, 0.2) is 30.3 Å². The lowest BCUT2D eigenvalue weighted by Gasteiger charge is -2.23. The summed E-state index contributed by atoms with van der Waals surface area (Å²) in [7, 11) is 1.43. The molecule has 0 fully saturated rings. The first-order valence-electron chi connectivity index (χ1n) is 9.08. The Morgan fingerprint density at radius 3 is 2.69 bits per heavy atom. The second-order valence-electron chi connectivity index (χ2n) is 6.55. The average molecular weight is 420 g/mol. The summed E-state index contributed by atoms with van der Waals surface area (Å²) in [4.78, 5) is 11.1. The largest absolute Gasteiger partial charge is 0.495 e. The van der Waals surface area contributed by atoms with Gasteiger partial charge in [-0.1, -0.05) is 24.6 Å². The number of hydrogen-bond acceptors (Lipinski definition) is 5. The minimum absolute atomic E-state index is 0.106. The fourth-order valence-electron chi connectivity index (χ4n) is 2.99. The lowest BCUT2D eigenvalue weighted by atomic mass is 10.0. The van der Waals surface area contributed by atoms with Crippen molar-refractivity contribution in [2.24, 2.45) is 5.73 Å². The van der Waals surface area contributed by atoms with E-state index in [0.717, 1.165) is 0 Å². The summed E-state index contributed by atoms with van der Waals surface area (Å²) in [5.74, 6) is -0.576. The van der Waals surface area contributed by atoms with Crippen molar-refractivity contribution in [1.82, 2.24) is 5.32 Å². The summed E-state index contributed by atoms with van der Waals surface area (Å²) in [6.07, 6.45) is 0.714. The predicted octanol–water partition coefficient (Wildman–Crippen LogP) is 4.46. The Balaban J connectivity index is 2.35. The molecule has 3 N–H and O–H groups in total. The van der Waals surface area contributed by atoms with E-state index >= 15 is 4.39 Å². The maximum Gasteiger partial charge on any atom is 0.218 e. The van der Waals surface area contributed by atoms with Crippen LogP contribution in [0, 0.1) is 17.1 Å². The summed E-state index contributed by atoms with van der Waals surface area (Å²) in [6.45, 7) is 3.70. The highest BCUT2D eigenvalue weighted by Gasteiger charge is 2.22. The molecule has 0 radical (unpaired) electrons. The smallest absolute Gasteiger partial charge is 0.218 e. The Hall–Kier alpha value is -2.82. The molecule has 2 atom stereocenters. The Bertz CT molecular complexity index is 930. The van der Waals surface area contributed by atoms with Crippen LogP contribution >= 0.6 is 11.6 Å². The molecule has 0 saturated heterocycles. The number of methoxy groups -OCH3 is 1. The van der Waals surface area contributed by atoms with Gasteiger partial charge in [0.05, 0.1) is 17.7 Å². The van der Waals surface area contributed by atoms with Gasteiger partial charge >= 0.3 is 0 Å². The maximum atomic E-state index is 15.3. The monoisotopic (exact) mass is 419 g/mol. The van der Waals surface area contributed by atoms with Crippen molar-refractivity contribution < 1.29 is 18.7 Å². The van der Waals surface area contributed by atoms with Gasteiger partial charge in [0.25, 0.3) is 0 Å². The second-order valence-corrected chi connectivity index (χ2v) is 6.96. The number of nitrogens with two attached hydrogens (primary N) is 1. The topological polar surface area (TPSA) is 97.4 Å². The molecule has 0 bridgehead atoms. The first-order valence-corrected chi connectivity index (χ1v) is 9.46. The van der Waals surface area contributed by atoms with Crippen LogP contribution in [0.5, 0.6) is 17.2 Å². The number of rotatable bonds is 9. The van der Waals surface area contributed by atoms with Crippen molar-refractivity contribution in [2.45, 2.75) is 38.8 Å². The van der Waals surface area contributed by atoms with Crippen molar-refractivity contribution in [1.29, 1.82) is 5.26 Å². The van der Waals surface area contributed by atoms with Gasteiger partial charge in [0.2, 0.25) is 5.91 Å². The predicted molar refractivity (Wildman–Crippen MR) is 109 cm³/mol. The van der Waals surface area contributed by atoms with Gasteiger partial charge in [0.1, 0.15) is 17.6 Å². The molecule has 154 valence electrons. The van der Waals surface area contributed by atoms with Crippen LogP contribution < -0.4 is 20.5 Å². The molecule has 0 unspecified atom stereocenters. The number of carbonyl (C=O) groups is 1. The van der Waals surface area contributed by atoms with Gasteiger partial charge in [-0.15, -0.1) is 0 Å². The van der Waals surface area contributed by atoms with E-state index in [1.54, 1.807) is 12.1 Å². The number of carbonyl (C=O) groups excluding carboxylic acids is 1. The summed E-state index contributed by atoms with van der Waals surface area (Å²) < 4.78 is 26.1. The number of nitrogens with zero attached hydrogens (tertiary/aromatic N) is 1. The zero-order chi connectivity index (χ0) is 21.6. The number of nitriles is 1. The molecule has 2 aromatic carbocycles. The van der Waals surface area contributed by atoms with Crippen molar-refractivity contribution in [3.63, 3.8) is 0 Å². The molecule has 0 aromatic heterocycles. The van der Waals surface area contributed by atoms with Crippen LogP contribution in [0.25, 0.3) is 0 Å². The number of primary amides is 1. The molecular weight excluding hydrogens is 397 g/mol. The van der Waals surface area contributed by atoms with Crippen LogP contribution in [-0.4, -0.2) is 19.1 Å². The van der Waals surface area contributed by atoms with Gasteiger partial charge in [-0.2, -0.15) is 5.26 Å². The zero-order valence-electron chi connectivity index (χ0n) is 16.5. The van der Waals surface area contributed by atoms with Crippen molar-refractivity contribution in [2.75, 3.05) is 7.11 Å². The summed E-state index contributed by atoms with van der Waals surface area (Å²) in [6, 6.07) is 9.10. The van der Waals surface area contributed by atoms with Gasteiger partial charge in [0, 0.05) is 30.1 Å². The number of hydrogen-bond donors (Lipinski definition) is 2. The third-order valence-corrected chi connectivity index (χ3v) is 4.67. The number of ether oxygens (including phenoxy) is 2. The summed E-state index contributed by atoms with van der Waals surface area (Å²) in [5.41, 5.74) is 5.93. The number of nitrogens with one attached hydrogen (secondary N) is 1. The standard InChI is InChI=1S/C21H23ClFN3O3/c1-4-17(26-12(2)9-19(25)27)15-7-8-16(22)21(20(15)23)29-14-6-5-13(11-24)18(10-14)28-3/h5-8,10,12,17,26H,4,9H2,1-3H3,(H2,25,27)/t12-,17+/m0/s1. The zero-order valence-corrected chi connectivity index (χ0v) is 17.2. The van der Waals surface area contributed by atoms with E-state index < -0.39 is 11.7 Å². The van der Waals surface area contributed by atoms with Gasteiger partial charge in [-0.3, -0.25) is 4.79 Å². The van der Waals surface area contributed by atoms with E-state index in [9.17, 15) is 4.79 Å². The van der Waals surface area contributed by atoms with Crippen LogP contribution in [0.2, 0.25) is 5.02 Å². The molecule has 1 amide bonds. The Labute approximate surface area is 174 Å². The fourth-order valence-corrected chi connectivity index (χ4v) is 3.17. The van der Waals surface area contributed by atoms with Gasteiger partial charge in [-0.25, -0.2) is 4.39 Å². The SMILES string of the molecule is CC[C@@H](N[C@@H](C)CC(N)=O)c1ccc(Cl)c(Oc2ccc(C#N)c(OC)c2)c1F. The van der Waals surface area contributed by atoms with Crippen LogP contribution in [-0.2, 0) is 4.79 Å². The van der Waals surface area contributed by atoms with Crippen LogP contribution in [0.3, 0.4) is 0 Å². The van der Waals surface area contributed by atoms with E-state index in [1.165, 1.54) is 25.3 Å². The van der Waals surface area contributed by atoms with Crippen LogP contribution in [0.4, 0.5) is 4.39 Å². The molecule has 2 rings (SSSR count). The number of halogens is 2. The molecule has 2 aromatic rings. The highest BCUT2D eigenvalue weighted by atomic mass is 35.5. The number of amides is 1. The normalized spacial score (nSPS) is 12.7. The molecule has 0 aliphatic heterocycles. The van der Waals surface area contributed by atoms with E-state index in [1.807, 2.05) is 19.9 Å². The van der Waals surface area contributed by atoms with E-state index in [2.05, 4.69) is 5.32 Å². The molecule has 0 heterocycles. The van der Waals surface area contributed by atoms with Gasteiger partial charge in [-0.05, 0) is 31.5 Å². The lowest BCUT2D eigenvalue weighted by molar-refractivity contribution is -0.118. The summed E-state index contributed by atoms with van der Waals surface area (Å²) >= 11 is 6.18. The highest BCUT2D eigenvalue weighted by Crippen LogP contribution is 2.37. The lowest BCUT2D eigenvalue weighted by Crippen LogP contribution is -2.34. The fraction of sp³-hybridized carbons (Fsp3) is 0.333. The molecule has 29 heavy (non-hydrogen) atoms. The Morgan fingerprint density at radius 2 is 2.10 bits per heavy atom. The van der Waals surface area contributed by atoms with E-state index in [4.69, 9.17) is 32.1 Å². The molecule has 0 aliphatic carbocycles. The Morgan fingerprint density at radius 1 is 1.38 bits per heavy atom. The van der Waals surface area contributed by atoms with Gasteiger partial charge < -0.3 is 20.5 Å². The third kappa shape index (κ3) is 5.59. The van der Waals surface area contributed by atoms with Crippen LogP contribution in [0.1, 0.15) is 43.9 Å². The van der Waals surface area contributed by atoms with E-state index in [0.29, 0.717) is 23.3 Å². The second kappa shape index (κ2) is 10.1. The van der Waals surface area contributed by atoms with Crippen molar-refractivity contribution >= 4 is 17.5 Å². The molecule has 0 saturated carbocycles. The van der Waals surface area contributed by atoms with E-state index in [-0.39, 0.29) is 35.0 Å². The van der Waals surface area contributed by atoms with Crippen molar-refractivity contribution in [3.8, 4) is 23.3 Å². The van der Waals surface area contributed by atoms with Crippen molar-refractivity contribution in [3.05, 3.63) is 52.3 Å². The Kier molecular flexibility index (Phi) is 7.82. The minimum atomic E-state index is -0.605. The minimum Gasteiger partial charge on any atom is -0.495 e. The average Bonchev–Trinajstić information content (AvgIpc) is 2.69. The molecule has 6 nitrogen and oxygen atoms in total. The molecular formula is C21H23ClFN3O3. The highest BCUT2D eigenvalue weighted by molar-refractivity contribution is 6.32. The van der Waals surface area contributed by atoms with Gasteiger partial charge in [0.15, 0.2) is 11.6 Å². The first-order chi connectivity index (χ1) is 13.8.